The summed E-state index contributed by atoms with van der Waals surface area (Å²) in [6, 6.07) is 8.01. The number of hydrogen-bond acceptors (Lipinski definition) is 2. The molecule has 0 bridgehead atoms. The molecule has 2 N–H and O–H groups in total. The fourth-order valence-corrected chi connectivity index (χ4v) is 2.41. The van der Waals surface area contributed by atoms with E-state index in [4.69, 9.17) is 23.2 Å². The second kappa shape index (κ2) is 7.54. The molecule has 1 aromatic heterocycles. The first-order chi connectivity index (χ1) is 10.5. The fourth-order valence-electron chi connectivity index (χ4n) is 1.99. The number of quaternary nitrogens is 1. The van der Waals surface area contributed by atoms with Crippen LogP contribution in [-0.4, -0.2) is 24.5 Å². The van der Waals surface area contributed by atoms with Crippen LogP contribution in [0.1, 0.15) is 5.56 Å². The van der Waals surface area contributed by atoms with Gasteiger partial charge >= 0.3 is 0 Å². The largest absolute Gasteiger partial charge is 0.326 e. The van der Waals surface area contributed by atoms with E-state index in [9.17, 15) is 9.18 Å². The van der Waals surface area contributed by atoms with Gasteiger partial charge in [-0.05, 0) is 12.1 Å². The lowest BCUT2D eigenvalue weighted by molar-refractivity contribution is -0.885. The molecule has 1 atom stereocenters. The molecule has 4 nitrogen and oxygen atoms in total. The number of likely N-dealkylation sites (N-methyl/N-ethyl adjacent to an activating group) is 1. The van der Waals surface area contributed by atoms with E-state index in [1.807, 2.05) is 7.05 Å². The van der Waals surface area contributed by atoms with E-state index in [-0.39, 0.29) is 29.1 Å². The van der Waals surface area contributed by atoms with Gasteiger partial charge in [0, 0.05) is 11.8 Å². The van der Waals surface area contributed by atoms with E-state index in [1.165, 1.54) is 18.3 Å². The number of pyridine rings is 1. The van der Waals surface area contributed by atoms with Crippen LogP contribution < -0.4 is 10.2 Å². The molecule has 0 saturated heterocycles. The molecule has 0 aliphatic heterocycles. The number of rotatable bonds is 5. The van der Waals surface area contributed by atoms with Gasteiger partial charge in [-0.15, -0.1) is 0 Å². The summed E-state index contributed by atoms with van der Waals surface area (Å²) in [7, 11) is 1.81. The van der Waals surface area contributed by atoms with Crippen LogP contribution in [0.3, 0.4) is 0 Å². The first kappa shape index (κ1) is 16.7. The summed E-state index contributed by atoms with van der Waals surface area (Å²) in [6.45, 7) is 0.566. The number of hydrogen-bond donors (Lipinski definition) is 2. The molecule has 1 heterocycles. The second-order valence-electron chi connectivity index (χ2n) is 4.93. The summed E-state index contributed by atoms with van der Waals surface area (Å²) < 4.78 is 13.6. The molecule has 116 valence electrons. The van der Waals surface area contributed by atoms with E-state index >= 15 is 0 Å². The zero-order valence-electron chi connectivity index (χ0n) is 11.9. The Morgan fingerprint density at radius 1 is 1.36 bits per heavy atom. The van der Waals surface area contributed by atoms with Crippen LogP contribution in [0.15, 0.2) is 36.5 Å². The maximum absolute atomic E-state index is 13.6. The van der Waals surface area contributed by atoms with E-state index in [0.717, 1.165) is 4.90 Å². The molecule has 2 aromatic rings. The van der Waals surface area contributed by atoms with Crippen LogP contribution in [0.4, 0.5) is 10.2 Å². The van der Waals surface area contributed by atoms with Gasteiger partial charge in [-0.25, -0.2) is 9.37 Å². The number of amides is 1. The summed E-state index contributed by atoms with van der Waals surface area (Å²) in [5.41, 5.74) is 0.565. The number of carbonyl (C=O) groups excluding carboxylic acids is 1. The van der Waals surface area contributed by atoms with Crippen LogP contribution >= 0.6 is 23.2 Å². The van der Waals surface area contributed by atoms with Crippen molar-refractivity contribution in [3.8, 4) is 0 Å². The lowest BCUT2D eigenvalue weighted by atomic mass is 10.2. The minimum absolute atomic E-state index is 0.162. The molecule has 2 rings (SSSR count). The zero-order chi connectivity index (χ0) is 16.1. The Morgan fingerprint density at radius 2 is 2.09 bits per heavy atom. The van der Waals surface area contributed by atoms with Crippen LogP contribution in [-0.2, 0) is 11.3 Å². The molecule has 0 aliphatic rings. The molecule has 1 aromatic carbocycles. The number of nitrogens with one attached hydrogen (secondary N) is 2. The van der Waals surface area contributed by atoms with Crippen LogP contribution in [0.5, 0.6) is 0 Å². The van der Waals surface area contributed by atoms with Gasteiger partial charge in [0.05, 0.1) is 17.1 Å². The molecular formula is C15H15Cl2FN3O+. The van der Waals surface area contributed by atoms with Crippen molar-refractivity contribution >= 4 is 34.9 Å². The Kier molecular flexibility index (Phi) is 5.71. The summed E-state index contributed by atoms with van der Waals surface area (Å²) in [5.74, 6) is -0.273. The molecule has 0 radical (unpaired) electrons. The third-order valence-corrected chi connectivity index (χ3v) is 3.47. The molecular weight excluding hydrogens is 328 g/mol. The minimum Gasteiger partial charge on any atom is -0.326 e. The Labute approximate surface area is 137 Å². The highest BCUT2D eigenvalue weighted by molar-refractivity contribution is 6.36. The van der Waals surface area contributed by atoms with Crippen molar-refractivity contribution in [2.75, 3.05) is 18.9 Å². The van der Waals surface area contributed by atoms with Crippen LogP contribution in [0.2, 0.25) is 10.0 Å². The van der Waals surface area contributed by atoms with Crippen molar-refractivity contribution in [2.45, 2.75) is 6.54 Å². The highest BCUT2D eigenvalue weighted by Crippen LogP contribution is 2.22. The summed E-state index contributed by atoms with van der Waals surface area (Å²) in [4.78, 5) is 16.8. The number of nitrogens with zero attached hydrogens (tertiary/aromatic N) is 1. The van der Waals surface area contributed by atoms with Gasteiger partial charge in [-0.1, -0.05) is 41.4 Å². The van der Waals surface area contributed by atoms with Gasteiger partial charge in [0.25, 0.3) is 5.91 Å². The lowest BCUT2D eigenvalue weighted by Gasteiger charge is -2.14. The lowest BCUT2D eigenvalue weighted by Crippen LogP contribution is -3.08. The van der Waals surface area contributed by atoms with Gasteiger partial charge in [-0.3, -0.25) is 4.79 Å². The van der Waals surface area contributed by atoms with E-state index in [1.54, 1.807) is 18.2 Å². The normalized spacial score (nSPS) is 12.0. The molecule has 7 heteroatoms. The van der Waals surface area contributed by atoms with Gasteiger partial charge in [-0.2, -0.15) is 0 Å². The molecule has 22 heavy (non-hydrogen) atoms. The molecule has 0 fully saturated rings. The predicted molar refractivity (Wildman–Crippen MR) is 84.7 cm³/mol. The summed E-state index contributed by atoms with van der Waals surface area (Å²) in [6.07, 6.45) is 1.40. The van der Waals surface area contributed by atoms with Crippen LogP contribution in [0, 0.1) is 5.82 Å². The Balaban J connectivity index is 1.93. The van der Waals surface area contributed by atoms with Crippen molar-refractivity contribution in [1.29, 1.82) is 0 Å². The van der Waals surface area contributed by atoms with Crippen molar-refractivity contribution in [3.05, 3.63) is 58.0 Å². The molecule has 1 amide bonds. The van der Waals surface area contributed by atoms with Crippen LogP contribution in [0.25, 0.3) is 0 Å². The average molecular weight is 343 g/mol. The maximum Gasteiger partial charge on any atom is 0.280 e. The molecule has 0 aliphatic carbocycles. The van der Waals surface area contributed by atoms with E-state index in [2.05, 4.69) is 10.3 Å². The quantitative estimate of drug-likeness (QED) is 0.874. The van der Waals surface area contributed by atoms with Crippen molar-refractivity contribution in [3.63, 3.8) is 0 Å². The maximum atomic E-state index is 13.6. The SMILES string of the molecule is C[NH+](CC(=O)Nc1ncc(Cl)cc1Cl)Cc1ccccc1F. The van der Waals surface area contributed by atoms with Crippen molar-refractivity contribution in [1.82, 2.24) is 4.98 Å². The highest BCUT2D eigenvalue weighted by atomic mass is 35.5. The third-order valence-electron chi connectivity index (χ3n) is 2.98. The monoisotopic (exact) mass is 342 g/mol. The number of halogens is 3. The van der Waals surface area contributed by atoms with E-state index < -0.39 is 0 Å². The fraction of sp³-hybridized carbons (Fsp3) is 0.200. The van der Waals surface area contributed by atoms with Gasteiger partial charge in [0.2, 0.25) is 0 Å². The van der Waals surface area contributed by atoms with Gasteiger partial charge in [0.1, 0.15) is 12.4 Å². The average Bonchev–Trinajstić information content (AvgIpc) is 2.44. The topological polar surface area (TPSA) is 46.4 Å². The smallest absolute Gasteiger partial charge is 0.280 e. The Hall–Kier alpha value is -1.69. The Bertz CT molecular complexity index is 682. The molecule has 1 unspecified atom stereocenters. The second-order valence-corrected chi connectivity index (χ2v) is 5.78. The number of carbonyl (C=O) groups is 1. The zero-order valence-corrected chi connectivity index (χ0v) is 13.4. The Morgan fingerprint density at radius 3 is 2.77 bits per heavy atom. The number of anilines is 1. The van der Waals surface area contributed by atoms with Gasteiger partial charge < -0.3 is 10.2 Å². The summed E-state index contributed by atoms with van der Waals surface area (Å²) in [5, 5.41) is 3.28. The molecule has 0 saturated carbocycles. The minimum atomic E-state index is -0.273. The highest BCUT2D eigenvalue weighted by Gasteiger charge is 2.14. The van der Waals surface area contributed by atoms with Crippen molar-refractivity contribution < 1.29 is 14.1 Å². The van der Waals surface area contributed by atoms with Crippen molar-refractivity contribution in [2.24, 2.45) is 0 Å². The first-order valence-corrected chi connectivity index (χ1v) is 7.37. The number of aromatic nitrogens is 1. The number of benzene rings is 1. The first-order valence-electron chi connectivity index (χ1n) is 6.61. The third kappa shape index (κ3) is 4.66. The van der Waals surface area contributed by atoms with Gasteiger partial charge in [0.15, 0.2) is 12.4 Å². The van der Waals surface area contributed by atoms with E-state index in [0.29, 0.717) is 17.1 Å². The molecule has 0 spiro atoms. The standard InChI is InChI=1S/C15H14Cl2FN3O/c1-21(8-10-4-2-3-5-13(10)18)9-14(22)20-15-12(17)6-11(16)7-19-15/h2-7H,8-9H2,1H3,(H,19,20,22)/p+1. The predicted octanol–water partition coefficient (Wildman–Crippen LogP) is 2.18. The summed E-state index contributed by atoms with van der Waals surface area (Å²) >= 11 is 11.7.